The second-order valence-electron chi connectivity index (χ2n) is 5.15. The topological polar surface area (TPSA) is 60.2 Å². The van der Waals surface area contributed by atoms with E-state index in [9.17, 15) is 9.59 Å². The lowest BCUT2D eigenvalue weighted by molar-refractivity contribution is -0.121. The van der Waals surface area contributed by atoms with Gasteiger partial charge in [0.15, 0.2) is 0 Å². The van der Waals surface area contributed by atoms with Crippen LogP contribution in [0.4, 0.5) is 0 Å². The molecular weight excluding hydrogens is 282 g/mol. The molecule has 2 N–H and O–H groups in total. The number of primary amides is 1. The van der Waals surface area contributed by atoms with E-state index in [1.165, 1.54) is 10.9 Å². The summed E-state index contributed by atoms with van der Waals surface area (Å²) in [7, 11) is 0. The number of hydrogen-bond donors (Lipinski definition) is 1. The van der Waals surface area contributed by atoms with E-state index >= 15 is 0 Å². The Kier molecular flexibility index (Phi) is 3.80. The molecule has 3 nitrogen and oxygen atoms in total. The van der Waals surface area contributed by atoms with Crippen molar-refractivity contribution in [3.63, 3.8) is 0 Å². The predicted octanol–water partition coefficient (Wildman–Crippen LogP) is 3.23. The van der Waals surface area contributed by atoms with Gasteiger partial charge in [-0.1, -0.05) is 24.3 Å². The monoisotopic (exact) mass is 298 g/mol. The SMILES string of the molecule is NC(=O)CC(C=O)C1=CSCc2cc3ccccc3cc21.[H+]. The molecule has 0 radical (unpaired) electrons. The smallest absolute Gasteiger partial charge is 0.370 e. The molecule has 0 aromatic heterocycles. The van der Waals surface area contributed by atoms with Gasteiger partial charge in [0.2, 0.25) is 5.91 Å². The van der Waals surface area contributed by atoms with Gasteiger partial charge in [0.1, 0.15) is 6.29 Å². The van der Waals surface area contributed by atoms with Crippen LogP contribution in [0.2, 0.25) is 0 Å². The molecule has 3 rings (SSSR count). The van der Waals surface area contributed by atoms with Crippen molar-refractivity contribution in [2.24, 2.45) is 11.7 Å². The van der Waals surface area contributed by atoms with Gasteiger partial charge in [-0.2, -0.15) is 0 Å². The van der Waals surface area contributed by atoms with Gasteiger partial charge in [-0.25, -0.2) is 0 Å². The lowest BCUT2D eigenvalue weighted by Gasteiger charge is -2.22. The molecule has 0 saturated heterocycles. The molecule has 0 bridgehead atoms. The molecule has 0 saturated carbocycles. The Hall–Kier alpha value is -2.07. The Balaban J connectivity index is 0.00000176. The second kappa shape index (κ2) is 5.74. The summed E-state index contributed by atoms with van der Waals surface area (Å²) in [6.45, 7) is 0. The number of nitrogens with two attached hydrogens (primary N) is 1. The summed E-state index contributed by atoms with van der Waals surface area (Å²) < 4.78 is 0. The summed E-state index contributed by atoms with van der Waals surface area (Å²) in [6, 6.07) is 12.4. The molecule has 2 aromatic rings. The van der Waals surface area contributed by atoms with E-state index in [0.717, 1.165) is 28.6 Å². The third kappa shape index (κ3) is 2.72. The quantitative estimate of drug-likeness (QED) is 0.882. The van der Waals surface area contributed by atoms with E-state index in [0.29, 0.717) is 0 Å². The van der Waals surface area contributed by atoms with Crippen LogP contribution in [0.1, 0.15) is 19.0 Å². The molecular formula is C17H16NO2S+. The van der Waals surface area contributed by atoms with Crippen LogP contribution in [0.25, 0.3) is 16.3 Å². The fraction of sp³-hybridized carbons (Fsp3) is 0.176. The Labute approximate surface area is 128 Å². The summed E-state index contributed by atoms with van der Waals surface area (Å²) >= 11 is 1.65. The lowest BCUT2D eigenvalue weighted by atomic mass is 9.88. The summed E-state index contributed by atoms with van der Waals surface area (Å²) in [5, 5.41) is 4.31. The van der Waals surface area contributed by atoms with Crippen LogP contribution in [0.3, 0.4) is 0 Å². The van der Waals surface area contributed by atoms with Gasteiger partial charge < -0.3 is 10.5 Å². The minimum Gasteiger partial charge on any atom is -0.370 e. The van der Waals surface area contributed by atoms with Crippen LogP contribution < -0.4 is 5.73 Å². The highest BCUT2D eigenvalue weighted by Gasteiger charge is 2.23. The molecule has 1 heterocycles. The maximum atomic E-state index is 11.4. The fourth-order valence-corrected chi connectivity index (χ4v) is 3.68. The van der Waals surface area contributed by atoms with Crippen LogP contribution in [0, 0.1) is 5.92 Å². The van der Waals surface area contributed by atoms with E-state index < -0.39 is 11.8 Å². The van der Waals surface area contributed by atoms with Gasteiger partial charge in [-0.05, 0) is 45.0 Å². The number of carbonyl (C=O) groups excluding carboxylic acids is 2. The van der Waals surface area contributed by atoms with Gasteiger partial charge in [0.05, 0.1) is 0 Å². The van der Waals surface area contributed by atoms with E-state index in [4.69, 9.17) is 5.73 Å². The van der Waals surface area contributed by atoms with Crippen molar-refractivity contribution in [2.45, 2.75) is 12.2 Å². The fourth-order valence-electron chi connectivity index (χ4n) is 2.70. The van der Waals surface area contributed by atoms with Crippen molar-refractivity contribution in [2.75, 3.05) is 0 Å². The van der Waals surface area contributed by atoms with Crippen molar-refractivity contribution in [1.82, 2.24) is 0 Å². The number of rotatable bonds is 4. The number of aldehydes is 1. The first-order chi connectivity index (χ1) is 10.2. The van der Waals surface area contributed by atoms with Crippen molar-refractivity contribution in [3.8, 4) is 0 Å². The first kappa shape index (κ1) is 13.9. The number of hydrogen-bond acceptors (Lipinski definition) is 3. The highest BCUT2D eigenvalue weighted by Crippen LogP contribution is 2.38. The van der Waals surface area contributed by atoms with E-state index in [-0.39, 0.29) is 7.85 Å². The highest BCUT2D eigenvalue weighted by molar-refractivity contribution is 8.01. The number of amides is 1. The van der Waals surface area contributed by atoms with Crippen molar-refractivity contribution in [3.05, 3.63) is 52.9 Å². The van der Waals surface area contributed by atoms with Crippen molar-refractivity contribution < 1.29 is 11.0 Å². The largest absolute Gasteiger partial charge is 1.00 e. The summed E-state index contributed by atoms with van der Waals surface area (Å²) in [5.74, 6) is -0.0349. The Morgan fingerprint density at radius 2 is 2.05 bits per heavy atom. The Morgan fingerprint density at radius 1 is 1.33 bits per heavy atom. The van der Waals surface area contributed by atoms with Crippen LogP contribution in [0.5, 0.6) is 0 Å². The molecule has 21 heavy (non-hydrogen) atoms. The highest BCUT2D eigenvalue weighted by atomic mass is 32.2. The molecule has 1 amide bonds. The van der Waals surface area contributed by atoms with Gasteiger partial charge in [0, 0.05) is 18.1 Å². The predicted molar refractivity (Wildman–Crippen MR) is 87.7 cm³/mol. The van der Waals surface area contributed by atoms with Gasteiger partial charge in [0.25, 0.3) is 0 Å². The van der Waals surface area contributed by atoms with Crippen molar-refractivity contribution in [1.29, 1.82) is 0 Å². The zero-order chi connectivity index (χ0) is 14.8. The Bertz CT molecular complexity index is 757. The minimum absolute atomic E-state index is 0. The second-order valence-corrected chi connectivity index (χ2v) is 6.01. The third-order valence-electron chi connectivity index (χ3n) is 3.72. The molecule has 2 aromatic carbocycles. The number of benzene rings is 2. The number of fused-ring (bicyclic) bond motifs is 2. The average Bonchev–Trinajstić information content (AvgIpc) is 2.50. The van der Waals surface area contributed by atoms with Crippen LogP contribution in [-0.2, 0) is 15.3 Å². The standard InChI is InChI=1S/C17H15NO2S/c18-17(20)7-13(8-19)16-10-21-9-14-5-11-3-1-2-4-12(11)6-15(14)16/h1-6,8,10,13H,7,9H2,(H2,18,20)/p+1. The van der Waals surface area contributed by atoms with Gasteiger partial charge in [-0.3, -0.25) is 4.79 Å². The molecule has 106 valence electrons. The minimum atomic E-state index is -0.463. The van der Waals surface area contributed by atoms with Crippen molar-refractivity contribution >= 4 is 40.3 Å². The van der Waals surface area contributed by atoms with E-state index in [1.54, 1.807) is 11.8 Å². The maximum absolute atomic E-state index is 11.4. The zero-order valence-corrected chi connectivity index (χ0v) is 12.2. The third-order valence-corrected chi connectivity index (χ3v) is 4.61. The van der Waals surface area contributed by atoms with Crippen LogP contribution >= 0.6 is 11.8 Å². The molecule has 1 aliphatic heterocycles. The zero-order valence-electron chi connectivity index (χ0n) is 12.4. The van der Waals surface area contributed by atoms with E-state index in [2.05, 4.69) is 24.3 Å². The Morgan fingerprint density at radius 3 is 2.71 bits per heavy atom. The molecule has 1 unspecified atom stereocenters. The number of thioether (sulfide) groups is 1. The average molecular weight is 298 g/mol. The molecule has 0 aliphatic carbocycles. The first-order valence-corrected chi connectivity index (χ1v) is 7.81. The van der Waals surface area contributed by atoms with Gasteiger partial charge >= 0.3 is 1.43 Å². The maximum Gasteiger partial charge on any atom is 1.00 e. The number of allylic oxidation sites excluding steroid dienone is 1. The van der Waals surface area contributed by atoms with Crippen LogP contribution in [0.15, 0.2) is 41.8 Å². The van der Waals surface area contributed by atoms with Crippen LogP contribution in [-0.4, -0.2) is 12.2 Å². The molecule has 1 atom stereocenters. The molecule has 1 aliphatic rings. The normalized spacial score (nSPS) is 15.1. The summed E-state index contributed by atoms with van der Waals surface area (Å²) in [6.07, 6.45) is 0.879. The molecule has 4 heteroatoms. The molecule has 0 spiro atoms. The lowest BCUT2D eigenvalue weighted by Crippen LogP contribution is -2.19. The molecule has 0 fully saturated rings. The van der Waals surface area contributed by atoms with E-state index in [1.807, 2.05) is 17.5 Å². The number of carbonyl (C=O) groups is 2. The summed E-state index contributed by atoms with van der Waals surface area (Å²) in [4.78, 5) is 22.5. The summed E-state index contributed by atoms with van der Waals surface area (Å²) in [5.41, 5.74) is 8.42. The van der Waals surface area contributed by atoms with Gasteiger partial charge in [-0.15, -0.1) is 11.8 Å². The first-order valence-electron chi connectivity index (χ1n) is 6.76.